The van der Waals surface area contributed by atoms with Crippen LogP contribution in [0.15, 0.2) is 88.6 Å². The molecule has 2 atom stereocenters. The van der Waals surface area contributed by atoms with E-state index in [2.05, 4.69) is 30.3 Å². The van der Waals surface area contributed by atoms with Gasteiger partial charge in [-0.3, -0.25) is 4.79 Å². The highest BCUT2D eigenvalue weighted by Gasteiger charge is 2.40. The molecule has 35 heavy (non-hydrogen) atoms. The van der Waals surface area contributed by atoms with Crippen LogP contribution in [0.2, 0.25) is 0 Å². The summed E-state index contributed by atoms with van der Waals surface area (Å²) >= 11 is 0. The van der Waals surface area contributed by atoms with E-state index in [1.165, 1.54) is 0 Å². The molecule has 2 bridgehead atoms. The van der Waals surface area contributed by atoms with Crippen molar-refractivity contribution in [2.24, 2.45) is 5.92 Å². The van der Waals surface area contributed by atoms with Crippen LogP contribution in [0.4, 0.5) is 0 Å². The Bertz CT molecular complexity index is 1590. The number of nitrogens with zero attached hydrogens (tertiary/aromatic N) is 2. The number of fused-ring (bicyclic) bond motifs is 5. The number of pyridine rings is 1. The number of hydrogen-bond acceptors (Lipinski definition) is 4. The Morgan fingerprint density at radius 1 is 0.857 bits per heavy atom. The van der Waals surface area contributed by atoms with Crippen LogP contribution in [-0.2, 0) is 16.6 Å². The quantitative estimate of drug-likeness (QED) is 0.426. The van der Waals surface area contributed by atoms with E-state index in [0.29, 0.717) is 25.4 Å². The topological polar surface area (TPSA) is 68.6 Å². The molecule has 6 rings (SSSR count). The molecule has 7 heteroatoms. The van der Waals surface area contributed by atoms with Crippen molar-refractivity contribution in [2.75, 3.05) is 20.2 Å². The minimum atomic E-state index is -3.66. The molecule has 0 spiro atoms. The molecule has 0 N–H and O–H groups in total. The molecule has 0 saturated carbocycles. The SMILES string of the molecule is COc1ccc(S(=O)(=O)N2C[C@@H]3C[C@H](C2)c2c(-c4ccc5ccccc5c4)ccc(=O)n2C3)cc1. The minimum Gasteiger partial charge on any atom is -0.497 e. The van der Waals surface area contributed by atoms with E-state index < -0.39 is 10.0 Å². The number of ether oxygens (including phenoxy) is 1. The van der Waals surface area contributed by atoms with Crippen molar-refractivity contribution in [3.8, 4) is 16.9 Å². The average molecular weight is 487 g/mol. The fraction of sp³-hybridized carbons (Fsp3) is 0.250. The van der Waals surface area contributed by atoms with E-state index in [1.54, 1.807) is 41.7 Å². The fourth-order valence-corrected chi connectivity index (χ4v) is 7.23. The van der Waals surface area contributed by atoms with Gasteiger partial charge >= 0.3 is 0 Å². The highest BCUT2D eigenvalue weighted by Crippen LogP contribution is 2.41. The number of benzene rings is 3. The van der Waals surface area contributed by atoms with Crippen molar-refractivity contribution < 1.29 is 13.2 Å². The van der Waals surface area contributed by atoms with Gasteiger partial charge in [0.25, 0.3) is 5.56 Å². The summed E-state index contributed by atoms with van der Waals surface area (Å²) in [6.45, 7) is 1.30. The van der Waals surface area contributed by atoms with Crippen LogP contribution < -0.4 is 10.3 Å². The Morgan fingerprint density at radius 3 is 2.40 bits per heavy atom. The normalized spacial score (nSPS) is 19.9. The van der Waals surface area contributed by atoms with Crippen LogP contribution in [0.25, 0.3) is 21.9 Å². The molecule has 2 aliphatic rings. The first-order chi connectivity index (χ1) is 16.9. The first kappa shape index (κ1) is 22.1. The Morgan fingerprint density at radius 2 is 1.63 bits per heavy atom. The zero-order valence-electron chi connectivity index (χ0n) is 19.4. The van der Waals surface area contributed by atoms with Crippen LogP contribution in [0.3, 0.4) is 0 Å². The number of methoxy groups -OCH3 is 1. The molecule has 2 aliphatic heterocycles. The molecule has 4 aromatic rings. The number of sulfonamides is 1. The van der Waals surface area contributed by atoms with Crippen molar-refractivity contribution in [1.82, 2.24) is 8.87 Å². The summed E-state index contributed by atoms with van der Waals surface area (Å²) < 4.78 is 35.7. The van der Waals surface area contributed by atoms with Crippen LogP contribution >= 0.6 is 0 Å². The number of aromatic nitrogens is 1. The maximum absolute atomic E-state index is 13.5. The van der Waals surface area contributed by atoms with E-state index >= 15 is 0 Å². The lowest BCUT2D eigenvalue weighted by Gasteiger charge is -2.42. The van der Waals surface area contributed by atoms with Gasteiger partial charge in [-0.25, -0.2) is 8.42 Å². The molecule has 0 radical (unpaired) electrons. The van der Waals surface area contributed by atoms with E-state index in [1.807, 2.05) is 22.8 Å². The molecule has 0 unspecified atom stereocenters. The smallest absolute Gasteiger partial charge is 0.250 e. The van der Waals surface area contributed by atoms with Crippen LogP contribution in [0, 0.1) is 5.92 Å². The lowest BCUT2D eigenvalue weighted by Crippen LogP contribution is -2.49. The van der Waals surface area contributed by atoms with Crippen LogP contribution in [-0.4, -0.2) is 37.5 Å². The van der Waals surface area contributed by atoms with Gasteiger partial charge in [0.1, 0.15) is 5.75 Å². The second-order valence-corrected chi connectivity index (χ2v) is 11.4. The Hall–Kier alpha value is -3.42. The zero-order chi connectivity index (χ0) is 24.2. The van der Waals surface area contributed by atoms with Gasteiger partial charge in [-0.2, -0.15) is 4.31 Å². The second-order valence-electron chi connectivity index (χ2n) is 9.44. The molecule has 3 heterocycles. The lowest BCUT2D eigenvalue weighted by molar-refractivity contribution is 0.187. The predicted molar refractivity (Wildman–Crippen MR) is 136 cm³/mol. The first-order valence-electron chi connectivity index (χ1n) is 11.8. The van der Waals surface area contributed by atoms with Gasteiger partial charge < -0.3 is 9.30 Å². The molecule has 1 aromatic heterocycles. The third-order valence-corrected chi connectivity index (χ3v) is 9.16. The summed E-state index contributed by atoms with van der Waals surface area (Å²) in [5, 5.41) is 2.30. The summed E-state index contributed by atoms with van der Waals surface area (Å²) in [5.74, 6) is 0.664. The van der Waals surface area contributed by atoms with Gasteiger partial charge in [0.05, 0.1) is 12.0 Å². The monoisotopic (exact) mass is 486 g/mol. The second kappa shape index (κ2) is 8.36. The Balaban J connectivity index is 1.41. The summed E-state index contributed by atoms with van der Waals surface area (Å²) in [4.78, 5) is 13.1. The molecular formula is C28H26N2O4S. The van der Waals surface area contributed by atoms with Crippen molar-refractivity contribution in [3.05, 3.63) is 94.9 Å². The summed E-state index contributed by atoms with van der Waals surface area (Å²) in [6.07, 6.45) is 0.874. The minimum absolute atomic E-state index is 0.0225. The standard InChI is InChI=1S/C28H26N2O4S/c1-34-24-8-10-25(11-9-24)35(32,33)29-16-19-14-23(18-29)28-26(12-13-27(31)30(28)17-19)22-7-6-20-4-2-3-5-21(20)15-22/h2-13,15,19,23H,14,16-18H2,1H3/t19-,23+/m0/s1. The van der Waals surface area contributed by atoms with Gasteiger partial charge in [0, 0.05) is 42.9 Å². The number of hydrogen-bond donors (Lipinski definition) is 0. The molecular weight excluding hydrogens is 460 g/mol. The van der Waals surface area contributed by atoms with Crippen molar-refractivity contribution in [2.45, 2.75) is 23.8 Å². The summed E-state index contributed by atoms with van der Waals surface area (Å²) in [5.41, 5.74) is 2.97. The lowest BCUT2D eigenvalue weighted by atomic mass is 9.81. The van der Waals surface area contributed by atoms with Crippen LogP contribution in [0.1, 0.15) is 18.0 Å². The molecule has 0 amide bonds. The van der Waals surface area contributed by atoms with Crippen molar-refractivity contribution in [1.29, 1.82) is 0 Å². The van der Waals surface area contributed by atoms with E-state index in [4.69, 9.17) is 4.74 Å². The highest BCUT2D eigenvalue weighted by molar-refractivity contribution is 7.89. The number of rotatable bonds is 4. The van der Waals surface area contributed by atoms with Crippen molar-refractivity contribution >= 4 is 20.8 Å². The van der Waals surface area contributed by atoms with Gasteiger partial charge in [0.2, 0.25) is 10.0 Å². The molecule has 3 aromatic carbocycles. The maximum atomic E-state index is 13.5. The van der Waals surface area contributed by atoms with E-state index in [0.717, 1.165) is 34.0 Å². The van der Waals surface area contributed by atoms with E-state index in [9.17, 15) is 13.2 Å². The highest BCUT2D eigenvalue weighted by atomic mass is 32.2. The molecule has 178 valence electrons. The number of piperidine rings is 1. The Labute approximate surface area is 204 Å². The van der Waals surface area contributed by atoms with Gasteiger partial charge in [0.15, 0.2) is 0 Å². The van der Waals surface area contributed by atoms with Crippen LogP contribution in [0.5, 0.6) is 5.75 Å². The first-order valence-corrected chi connectivity index (χ1v) is 13.2. The zero-order valence-corrected chi connectivity index (χ0v) is 20.2. The molecule has 1 fully saturated rings. The largest absolute Gasteiger partial charge is 0.497 e. The summed E-state index contributed by atoms with van der Waals surface area (Å²) in [7, 11) is -2.10. The van der Waals surface area contributed by atoms with Gasteiger partial charge in [-0.05, 0) is 65.1 Å². The third-order valence-electron chi connectivity index (χ3n) is 7.31. The maximum Gasteiger partial charge on any atom is 0.250 e. The fourth-order valence-electron chi connectivity index (χ4n) is 5.67. The molecule has 0 aliphatic carbocycles. The molecule has 6 nitrogen and oxygen atoms in total. The van der Waals surface area contributed by atoms with Gasteiger partial charge in [-0.1, -0.05) is 36.4 Å². The molecule has 1 saturated heterocycles. The Kier molecular flexibility index (Phi) is 5.27. The summed E-state index contributed by atoms with van der Waals surface area (Å²) in [6, 6.07) is 24.6. The predicted octanol–water partition coefficient (Wildman–Crippen LogP) is 4.49. The van der Waals surface area contributed by atoms with Crippen molar-refractivity contribution in [3.63, 3.8) is 0 Å². The van der Waals surface area contributed by atoms with E-state index in [-0.39, 0.29) is 22.3 Å². The average Bonchev–Trinajstić information content (AvgIpc) is 2.89. The third kappa shape index (κ3) is 3.75. The van der Waals surface area contributed by atoms with Gasteiger partial charge in [-0.15, -0.1) is 0 Å².